The largest absolute Gasteiger partial charge is 0.483 e. The van der Waals surface area contributed by atoms with Gasteiger partial charge in [-0.3, -0.25) is 4.79 Å². The molecule has 4 nitrogen and oxygen atoms in total. The number of carbonyl (C=O) groups excluding carboxylic acids is 1. The van der Waals surface area contributed by atoms with E-state index in [-0.39, 0.29) is 12.5 Å². The molecule has 2 aromatic carbocycles. The highest BCUT2D eigenvalue weighted by Crippen LogP contribution is 2.28. The van der Waals surface area contributed by atoms with Gasteiger partial charge in [0.2, 0.25) is 0 Å². The van der Waals surface area contributed by atoms with Gasteiger partial charge < -0.3 is 4.74 Å². The van der Waals surface area contributed by atoms with Crippen LogP contribution in [0.3, 0.4) is 0 Å². The average molecular weight is 454 g/mol. The Morgan fingerprint density at radius 3 is 2.46 bits per heavy atom. The molecule has 2 aromatic rings. The average Bonchev–Trinajstić information content (AvgIpc) is 2.49. The summed E-state index contributed by atoms with van der Waals surface area (Å²) in [6.45, 7) is 6.00. The summed E-state index contributed by atoms with van der Waals surface area (Å²) >= 11 is 6.75. The molecule has 0 aliphatic rings. The van der Waals surface area contributed by atoms with Gasteiger partial charge in [0.1, 0.15) is 5.75 Å². The molecule has 0 radical (unpaired) electrons. The molecule has 0 atom stereocenters. The van der Waals surface area contributed by atoms with E-state index in [2.05, 4.69) is 61.4 Å². The highest BCUT2D eigenvalue weighted by atomic mass is 79.9. The van der Waals surface area contributed by atoms with Crippen molar-refractivity contribution in [1.29, 1.82) is 0 Å². The van der Waals surface area contributed by atoms with Crippen LogP contribution in [0.15, 0.2) is 44.4 Å². The van der Waals surface area contributed by atoms with E-state index >= 15 is 0 Å². The van der Waals surface area contributed by atoms with Crippen LogP contribution in [0.5, 0.6) is 5.75 Å². The maximum absolute atomic E-state index is 11.8. The number of carbonyl (C=O) groups is 1. The molecule has 0 aliphatic heterocycles. The summed E-state index contributed by atoms with van der Waals surface area (Å²) in [7, 11) is 0. The first-order valence-corrected chi connectivity index (χ1v) is 8.93. The zero-order valence-electron chi connectivity index (χ0n) is 13.7. The molecular weight excluding hydrogens is 436 g/mol. The Kier molecular flexibility index (Phi) is 6.57. The van der Waals surface area contributed by atoms with Crippen LogP contribution < -0.4 is 10.2 Å². The fraction of sp³-hybridized carbons (Fsp3) is 0.222. The summed E-state index contributed by atoms with van der Waals surface area (Å²) < 4.78 is 7.17. The van der Waals surface area contributed by atoms with E-state index in [9.17, 15) is 4.79 Å². The smallest absolute Gasteiger partial charge is 0.277 e. The topological polar surface area (TPSA) is 50.7 Å². The monoisotopic (exact) mass is 452 g/mol. The Labute approximate surface area is 158 Å². The molecule has 0 bridgehead atoms. The zero-order chi connectivity index (χ0) is 17.7. The number of rotatable bonds is 5. The third kappa shape index (κ3) is 5.18. The van der Waals surface area contributed by atoms with Gasteiger partial charge in [0, 0.05) is 10.0 Å². The third-order valence-electron chi connectivity index (χ3n) is 3.37. The van der Waals surface area contributed by atoms with Crippen molar-refractivity contribution in [2.24, 2.45) is 5.10 Å². The summed E-state index contributed by atoms with van der Waals surface area (Å²) in [4.78, 5) is 11.8. The van der Waals surface area contributed by atoms with Crippen molar-refractivity contribution in [1.82, 2.24) is 5.43 Å². The van der Waals surface area contributed by atoms with E-state index in [0.29, 0.717) is 5.75 Å². The Morgan fingerprint density at radius 1 is 1.17 bits per heavy atom. The molecule has 0 aliphatic carbocycles. The Morgan fingerprint density at radius 2 is 1.83 bits per heavy atom. The molecule has 2 rings (SSSR count). The van der Waals surface area contributed by atoms with Crippen LogP contribution in [0.4, 0.5) is 0 Å². The number of amides is 1. The first kappa shape index (κ1) is 18.7. The van der Waals surface area contributed by atoms with Gasteiger partial charge in [-0.15, -0.1) is 0 Å². The van der Waals surface area contributed by atoms with E-state index in [1.54, 1.807) is 12.3 Å². The number of nitrogens with zero attached hydrogens (tertiary/aromatic N) is 1. The molecule has 0 saturated carbocycles. The normalized spacial score (nSPS) is 10.9. The molecule has 0 unspecified atom stereocenters. The lowest BCUT2D eigenvalue weighted by molar-refractivity contribution is -0.123. The van der Waals surface area contributed by atoms with Gasteiger partial charge in [0.15, 0.2) is 6.61 Å². The molecule has 0 fully saturated rings. The molecular formula is C18H18Br2N2O2. The fourth-order valence-corrected chi connectivity index (χ4v) is 3.49. The van der Waals surface area contributed by atoms with Crippen molar-refractivity contribution in [3.63, 3.8) is 0 Å². The molecule has 126 valence electrons. The number of benzene rings is 2. The van der Waals surface area contributed by atoms with Crippen LogP contribution in [-0.4, -0.2) is 18.7 Å². The minimum Gasteiger partial charge on any atom is -0.483 e. The highest BCUT2D eigenvalue weighted by molar-refractivity contribution is 9.11. The van der Waals surface area contributed by atoms with Crippen LogP contribution in [0, 0.1) is 20.8 Å². The van der Waals surface area contributed by atoms with Crippen molar-refractivity contribution in [3.8, 4) is 5.75 Å². The quantitative estimate of drug-likeness (QED) is 0.528. The van der Waals surface area contributed by atoms with E-state index in [1.807, 2.05) is 26.0 Å². The predicted octanol–water partition coefficient (Wildman–Crippen LogP) is 4.67. The van der Waals surface area contributed by atoms with E-state index in [0.717, 1.165) is 25.6 Å². The maximum atomic E-state index is 11.8. The minimum absolute atomic E-state index is 0.108. The molecule has 0 spiro atoms. The number of ether oxygens (including phenoxy) is 1. The number of aryl methyl sites for hydroxylation is 3. The lowest BCUT2D eigenvalue weighted by Crippen LogP contribution is -2.24. The summed E-state index contributed by atoms with van der Waals surface area (Å²) in [6.07, 6.45) is 1.66. The van der Waals surface area contributed by atoms with Gasteiger partial charge in [0.25, 0.3) is 5.91 Å². The van der Waals surface area contributed by atoms with Crippen molar-refractivity contribution in [2.45, 2.75) is 20.8 Å². The number of hydrogen-bond donors (Lipinski definition) is 1. The SMILES string of the molecule is Cc1cc(C)c(/C=N/NC(=O)COc2ccc(Br)cc2Br)c(C)c1. The van der Waals surface area contributed by atoms with Gasteiger partial charge in [-0.1, -0.05) is 33.6 Å². The van der Waals surface area contributed by atoms with E-state index in [4.69, 9.17) is 4.74 Å². The molecule has 6 heteroatoms. The number of halogens is 2. The van der Waals surface area contributed by atoms with E-state index in [1.165, 1.54) is 5.56 Å². The van der Waals surface area contributed by atoms with Crippen LogP contribution in [0.25, 0.3) is 0 Å². The van der Waals surface area contributed by atoms with Gasteiger partial charge >= 0.3 is 0 Å². The lowest BCUT2D eigenvalue weighted by atomic mass is 10.0. The summed E-state index contributed by atoms with van der Waals surface area (Å²) in [5, 5.41) is 4.02. The predicted molar refractivity (Wildman–Crippen MR) is 104 cm³/mol. The van der Waals surface area contributed by atoms with Crippen LogP contribution >= 0.6 is 31.9 Å². The zero-order valence-corrected chi connectivity index (χ0v) is 16.9. The van der Waals surface area contributed by atoms with Crippen molar-refractivity contribution in [2.75, 3.05) is 6.61 Å². The second-order valence-corrected chi connectivity index (χ2v) is 7.24. The van der Waals surface area contributed by atoms with Crippen LogP contribution in [-0.2, 0) is 4.79 Å². The lowest BCUT2D eigenvalue weighted by Gasteiger charge is -2.08. The van der Waals surface area contributed by atoms with Gasteiger partial charge in [0.05, 0.1) is 10.7 Å². The summed E-state index contributed by atoms with van der Waals surface area (Å²) in [5.74, 6) is 0.283. The van der Waals surface area contributed by atoms with Gasteiger partial charge in [-0.05, 0) is 66.0 Å². The van der Waals surface area contributed by atoms with Crippen molar-refractivity contribution in [3.05, 3.63) is 61.5 Å². The first-order valence-electron chi connectivity index (χ1n) is 7.34. The molecule has 0 aromatic heterocycles. The number of hydrazone groups is 1. The molecule has 1 N–H and O–H groups in total. The maximum Gasteiger partial charge on any atom is 0.277 e. The molecule has 0 saturated heterocycles. The number of hydrogen-bond acceptors (Lipinski definition) is 3. The Hall–Kier alpha value is -1.66. The standard InChI is InChI=1S/C18H18Br2N2O2/c1-11-6-12(2)15(13(3)7-11)9-21-22-18(23)10-24-17-5-4-14(19)8-16(17)20/h4-9H,10H2,1-3H3,(H,22,23)/b21-9+. The van der Waals surface area contributed by atoms with Crippen molar-refractivity contribution >= 4 is 44.0 Å². The van der Waals surface area contributed by atoms with Crippen LogP contribution in [0.1, 0.15) is 22.3 Å². The van der Waals surface area contributed by atoms with Crippen LogP contribution in [0.2, 0.25) is 0 Å². The molecule has 1 amide bonds. The van der Waals surface area contributed by atoms with E-state index < -0.39 is 0 Å². The number of nitrogens with one attached hydrogen (secondary N) is 1. The van der Waals surface area contributed by atoms with Gasteiger partial charge in [-0.25, -0.2) is 5.43 Å². The van der Waals surface area contributed by atoms with Gasteiger partial charge in [-0.2, -0.15) is 5.10 Å². The Bertz CT molecular complexity index is 766. The third-order valence-corrected chi connectivity index (χ3v) is 4.49. The second kappa shape index (κ2) is 8.44. The summed E-state index contributed by atoms with van der Waals surface area (Å²) in [5.41, 5.74) is 6.95. The molecule has 24 heavy (non-hydrogen) atoms. The second-order valence-electron chi connectivity index (χ2n) is 5.47. The highest BCUT2D eigenvalue weighted by Gasteiger charge is 2.06. The fourth-order valence-electron chi connectivity index (χ4n) is 2.33. The van der Waals surface area contributed by atoms with Crippen molar-refractivity contribution < 1.29 is 9.53 Å². The molecule has 0 heterocycles. The minimum atomic E-state index is -0.316. The summed E-state index contributed by atoms with van der Waals surface area (Å²) in [6, 6.07) is 9.66. The first-order chi connectivity index (χ1) is 11.4. The Balaban J connectivity index is 1.91.